The molecule has 1 unspecified atom stereocenters. The number of rotatable bonds is 6. The van der Waals surface area contributed by atoms with Gasteiger partial charge < -0.3 is 14.8 Å². The lowest BCUT2D eigenvalue weighted by Crippen LogP contribution is -2.26. The predicted octanol–water partition coefficient (Wildman–Crippen LogP) is 5.15. The Labute approximate surface area is 183 Å². The fraction of sp³-hybridized carbons (Fsp3) is 0.130. The van der Waals surface area contributed by atoms with Gasteiger partial charge in [0.05, 0.1) is 18.4 Å². The van der Waals surface area contributed by atoms with Gasteiger partial charge in [0.2, 0.25) is 6.10 Å². The third-order valence-corrected chi connectivity index (χ3v) is 5.21. The summed E-state index contributed by atoms with van der Waals surface area (Å²) in [6.07, 6.45) is -1.11. The van der Waals surface area contributed by atoms with Crippen LogP contribution >= 0.6 is 22.6 Å². The Morgan fingerprint density at radius 1 is 0.966 bits per heavy atom. The smallest absolute Gasteiger partial charge is 0.340 e. The molecular formula is C23H20INO4. The van der Waals surface area contributed by atoms with Crippen molar-refractivity contribution in [2.24, 2.45) is 0 Å². The maximum Gasteiger partial charge on any atom is 0.340 e. The van der Waals surface area contributed by atoms with E-state index in [0.29, 0.717) is 22.6 Å². The van der Waals surface area contributed by atoms with Crippen molar-refractivity contribution in [3.05, 3.63) is 93.1 Å². The highest BCUT2D eigenvalue weighted by molar-refractivity contribution is 14.1. The SMILES string of the molecule is COc1ccc(C)cc1NC(=O)C(OC(=O)c1ccccc1I)c1ccccc1. The standard InChI is InChI=1S/C23H20INO4/c1-15-12-13-20(28-2)19(14-15)25-22(26)21(16-8-4-3-5-9-16)29-23(27)17-10-6-7-11-18(17)24/h3-14,21H,1-2H3,(H,25,26). The first-order chi connectivity index (χ1) is 14.0. The second-order valence-corrected chi connectivity index (χ2v) is 7.53. The quantitative estimate of drug-likeness (QED) is 0.375. The van der Waals surface area contributed by atoms with Gasteiger partial charge in [0.1, 0.15) is 5.75 Å². The predicted molar refractivity (Wildman–Crippen MR) is 120 cm³/mol. The van der Waals surface area contributed by atoms with E-state index in [1.807, 2.05) is 31.2 Å². The van der Waals surface area contributed by atoms with E-state index in [2.05, 4.69) is 27.9 Å². The third-order valence-electron chi connectivity index (χ3n) is 4.27. The van der Waals surface area contributed by atoms with E-state index in [4.69, 9.17) is 9.47 Å². The number of ether oxygens (including phenoxy) is 2. The molecule has 148 valence electrons. The molecule has 0 heterocycles. The number of hydrogen-bond acceptors (Lipinski definition) is 4. The van der Waals surface area contributed by atoms with Crippen LogP contribution in [0.15, 0.2) is 72.8 Å². The largest absolute Gasteiger partial charge is 0.495 e. The van der Waals surface area contributed by atoms with Gasteiger partial charge in [-0.3, -0.25) is 4.79 Å². The molecule has 0 bridgehead atoms. The van der Waals surface area contributed by atoms with E-state index in [1.165, 1.54) is 7.11 Å². The average Bonchev–Trinajstić information content (AvgIpc) is 2.73. The van der Waals surface area contributed by atoms with E-state index in [1.54, 1.807) is 48.5 Å². The first-order valence-corrected chi connectivity index (χ1v) is 10.0. The summed E-state index contributed by atoms with van der Waals surface area (Å²) < 4.78 is 11.7. The minimum atomic E-state index is -1.11. The average molecular weight is 501 g/mol. The van der Waals surface area contributed by atoms with Crippen molar-refractivity contribution in [3.63, 3.8) is 0 Å². The second kappa shape index (κ2) is 9.56. The number of carbonyl (C=O) groups excluding carboxylic acids is 2. The number of hydrogen-bond donors (Lipinski definition) is 1. The maximum absolute atomic E-state index is 13.1. The van der Waals surface area contributed by atoms with Crippen LogP contribution in [0, 0.1) is 10.5 Å². The molecule has 5 nitrogen and oxygen atoms in total. The minimum Gasteiger partial charge on any atom is -0.495 e. The van der Waals surface area contributed by atoms with E-state index >= 15 is 0 Å². The Morgan fingerprint density at radius 2 is 1.66 bits per heavy atom. The molecule has 3 aromatic carbocycles. The molecule has 0 saturated carbocycles. The van der Waals surface area contributed by atoms with Crippen LogP contribution in [0.2, 0.25) is 0 Å². The summed E-state index contributed by atoms with van der Waals surface area (Å²) in [5.41, 5.74) is 2.47. The number of halogens is 1. The van der Waals surface area contributed by atoms with Gasteiger partial charge in [-0.2, -0.15) is 0 Å². The van der Waals surface area contributed by atoms with Crippen LogP contribution in [0.1, 0.15) is 27.6 Å². The van der Waals surface area contributed by atoms with Gasteiger partial charge >= 0.3 is 5.97 Å². The highest BCUT2D eigenvalue weighted by Gasteiger charge is 2.27. The van der Waals surface area contributed by atoms with Gasteiger partial charge in [-0.1, -0.05) is 48.5 Å². The number of amides is 1. The number of anilines is 1. The summed E-state index contributed by atoms with van der Waals surface area (Å²) in [5.74, 6) is -0.491. The van der Waals surface area contributed by atoms with Crippen molar-refractivity contribution in [2.45, 2.75) is 13.0 Å². The van der Waals surface area contributed by atoms with Gasteiger partial charge in [-0.15, -0.1) is 0 Å². The van der Waals surface area contributed by atoms with Crippen molar-refractivity contribution < 1.29 is 19.1 Å². The summed E-state index contributed by atoms with van der Waals surface area (Å²) in [6.45, 7) is 1.92. The molecule has 0 aliphatic carbocycles. The topological polar surface area (TPSA) is 64.6 Å². The first-order valence-electron chi connectivity index (χ1n) is 8.95. The van der Waals surface area contributed by atoms with Crippen LogP contribution in [0.4, 0.5) is 5.69 Å². The number of methoxy groups -OCH3 is 1. The molecule has 3 aromatic rings. The van der Waals surface area contributed by atoms with E-state index in [-0.39, 0.29) is 0 Å². The number of nitrogens with one attached hydrogen (secondary N) is 1. The molecule has 0 aromatic heterocycles. The molecule has 0 aliphatic rings. The van der Waals surface area contributed by atoms with Crippen LogP contribution in [0.3, 0.4) is 0 Å². The lowest BCUT2D eigenvalue weighted by atomic mass is 10.1. The number of benzene rings is 3. The fourth-order valence-corrected chi connectivity index (χ4v) is 3.42. The molecular weight excluding hydrogens is 481 g/mol. The van der Waals surface area contributed by atoms with E-state index in [0.717, 1.165) is 9.13 Å². The Balaban J connectivity index is 1.90. The van der Waals surface area contributed by atoms with Crippen molar-refractivity contribution in [2.75, 3.05) is 12.4 Å². The van der Waals surface area contributed by atoms with Gasteiger partial charge in [0.25, 0.3) is 5.91 Å². The molecule has 6 heteroatoms. The minimum absolute atomic E-state index is 0.412. The zero-order valence-electron chi connectivity index (χ0n) is 16.0. The highest BCUT2D eigenvalue weighted by atomic mass is 127. The Bertz CT molecular complexity index is 1020. The maximum atomic E-state index is 13.1. The zero-order valence-corrected chi connectivity index (χ0v) is 18.2. The summed E-state index contributed by atoms with van der Waals surface area (Å²) in [4.78, 5) is 25.9. The first kappa shape index (κ1) is 20.9. The van der Waals surface area contributed by atoms with Crippen molar-refractivity contribution >= 4 is 40.2 Å². The van der Waals surface area contributed by atoms with E-state index in [9.17, 15) is 9.59 Å². The molecule has 0 spiro atoms. The lowest BCUT2D eigenvalue weighted by molar-refractivity contribution is -0.125. The Morgan fingerprint density at radius 3 is 2.34 bits per heavy atom. The summed E-state index contributed by atoms with van der Waals surface area (Å²) in [7, 11) is 1.53. The van der Waals surface area contributed by atoms with Crippen LogP contribution < -0.4 is 10.1 Å². The van der Waals surface area contributed by atoms with Crippen LogP contribution in [0.25, 0.3) is 0 Å². The molecule has 0 saturated heterocycles. The third kappa shape index (κ3) is 5.14. The molecule has 1 N–H and O–H groups in total. The molecule has 3 rings (SSSR count). The molecule has 1 atom stereocenters. The van der Waals surface area contributed by atoms with Crippen LogP contribution in [0.5, 0.6) is 5.75 Å². The van der Waals surface area contributed by atoms with Gasteiger partial charge in [0, 0.05) is 9.13 Å². The van der Waals surface area contributed by atoms with Gasteiger partial charge in [0.15, 0.2) is 0 Å². The highest BCUT2D eigenvalue weighted by Crippen LogP contribution is 2.28. The molecule has 1 amide bonds. The molecule has 0 aliphatic heterocycles. The number of aryl methyl sites for hydroxylation is 1. The normalized spacial score (nSPS) is 11.4. The zero-order chi connectivity index (χ0) is 20.8. The fourth-order valence-electron chi connectivity index (χ4n) is 2.82. The lowest BCUT2D eigenvalue weighted by Gasteiger charge is -2.19. The van der Waals surface area contributed by atoms with Gasteiger partial charge in [-0.05, 0) is 59.3 Å². The number of esters is 1. The Hall–Kier alpha value is -2.87. The molecule has 0 fully saturated rings. The van der Waals surface area contributed by atoms with Crippen molar-refractivity contribution in [1.82, 2.24) is 0 Å². The van der Waals surface area contributed by atoms with Crippen LogP contribution in [-0.2, 0) is 9.53 Å². The van der Waals surface area contributed by atoms with Gasteiger partial charge in [-0.25, -0.2) is 4.79 Å². The summed E-state index contributed by atoms with van der Waals surface area (Å²) in [6, 6.07) is 21.5. The second-order valence-electron chi connectivity index (χ2n) is 6.37. The van der Waals surface area contributed by atoms with Crippen molar-refractivity contribution in [1.29, 1.82) is 0 Å². The summed E-state index contributed by atoms with van der Waals surface area (Å²) >= 11 is 2.07. The Kier molecular flexibility index (Phi) is 6.87. The van der Waals surface area contributed by atoms with Crippen LogP contribution in [-0.4, -0.2) is 19.0 Å². The molecule has 29 heavy (non-hydrogen) atoms. The van der Waals surface area contributed by atoms with Crippen molar-refractivity contribution in [3.8, 4) is 5.75 Å². The monoisotopic (exact) mass is 501 g/mol. The number of carbonyl (C=O) groups is 2. The summed E-state index contributed by atoms with van der Waals surface area (Å²) in [5, 5.41) is 2.83. The van der Waals surface area contributed by atoms with E-state index < -0.39 is 18.0 Å². The molecule has 0 radical (unpaired) electrons.